The molecule has 1 aromatic carbocycles. The molecule has 0 aromatic heterocycles. The third-order valence-electron chi connectivity index (χ3n) is 5.17. The van der Waals surface area contributed by atoms with Crippen LogP contribution in [0.2, 0.25) is 0 Å². The van der Waals surface area contributed by atoms with Crippen molar-refractivity contribution in [1.29, 1.82) is 0 Å². The zero-order valence-corrected chi connectivity index (χ0v) is 16.4. The first-order valence-electron chi connectivity index (χ1n) is 8.63. The van der Waals surface area contributed by atoms with E-state index in [1.807, 2.05) is 18.2 Å². The molecular formula is C19H31ClN2O3. The first kappa shape index (κ1) is 21.6. The molecule has 1 saturated carbocycles. The number of rotatable bonds is 7. The lowest BCUT2D eigenvalue weighted by Gasteiger charge is -2.28. The summed E-state index contributed by atoms with van der Waals surface area (Å²) in [6.45, 7) is 5.40. The lowest BCUT2D eigenvalue weighted by atomic mass is 9.84. The van der Waals surface area contributed by atoms with Gasteiger partial charge in [-0.15, -0.1) is 12.4 Å². The molecule has 6 heteroatoms. The van der Waals surface area contributed by atoms with E-state index in [1.54, 1.807) is 14.2 Å². The van der Waals surface area contributed by atoms with Crippen molar-refractivity contribution < 1.29 is 14.3 Å². The molecule has 1 aromatic rings. The molecule has 0 saturated heterocycles. The van der Waals surface area contributed by atoms with E-state index >= 15 is 0 Å². The molecular weight excluding hydrogens is 340 g/mol. The average Bonchev–Trinajstić information content (AvgIpc) is 3.07. The molecule has 142 valence electrons. The molecule has 2 rings (SSSR count). The minimum absolute atomic E-state index is 0. The number of amides is 1. The molecule has 0 radical (unpaired) electrons. The van der Waals surface area contributed by atoms with Crippen LogP contribution in [0.5, 0.6) is 11.5 Å². The van der Waals surface area contributed by atoms with Crippen LogP contribution in [0.1, 0.15) is 38.7 Å². The predicted octanol–water partition coefficient (Wildman–Crippen LogP) is 2.89. The van der Waals surface area contributed by atoms with Gasteiger partial charge in [0, 0.05) is 17.9 Å². The van der Waals surface area contributed by atoms with Gasteiger partial charge < -0.3 is 20.5 Å². The quantitative estimate of drug-likeness (QED) is 0.774. The minimum Gasteiger partial charge on any atom is -0.493 e. The molecule has 0 unspecified atom stereocenters. The maximum Gasteiger partial charge on any atom is 0.223 e. The monoisotopic (exact) mass is 370 g/mol. The van der Waals surface area contributed by atoms with Gasteiger partial charge in [0.25, 0.3) is 0 Å². The van der Waals surface area contributed by atoms with Crippen molar-refractivity contribution in [2.75, 3.05) is 27.3 Å². The van der Waals surface area contributed by atoms with Crippen molar-refractivity contribution >= 4 is 18.3 Å². The van der Waals surface area contributed by atoms with Gasteiger partial charge in [-0.1, -0.05) is 26.3 Å². The maximum absolute atomic E-state index is 12.5. The number of halogens is 1. The van der Waals surface area contributed by atoms with E-state index in [0.717, 1.165) is 24.8 Å². The molecule has 25 heavy (non-hydrogen) atoms. The Balaban J connectivity index is 0.00000312. The SMILES string of the molecule is COc1ccc(C(C)(C)CNC(=O)[C@@H]2CCC[C@@H]2CN)cc1OC.Cl. The number of nitrogens with two attached hydrogens (primary N) is 1. The van der Waals surface area contributed by atoms with Gasteiger partial charge in [0.05, 0.1) is 14.2 Å². The Kier molecular flexibility index (Phi) is 8.03. The summed E-state index contributed by atoms with van der Waals surface area (Å²) < 4.78 is 10.7. The molecule has 3 N–H and O–H groups in total. The summed E-state index contributed by atoms with van der Waals surface area (Å²) in [5, 5.41) is 3.13. The highest BCUT2D eigenvalue weighted by molar-refractivity contribution is 5.85. The summed E-state index contributed by atoms with van der Waals surface area (Å²) in [5.41, 5.74) is 6.69. The Morgan fingerprint density at radius 3 is 2.52 bits per heavy atom. The maximum atomic E-state index is 12.5. The first-order chi connectivity index (χ1) is 11.4. The van der Waals surface area contributed by atoms with Gasteiger partial charge in [-0.05, 0) is 43.0 Å². The van der Waals surface area contributed by atoms with Crippen LogP contribution >= 0.6 is 12.4 Å². The predicted molar refractivity (Wildman–Crippen MR) is 103 cm³/mol. The highest BCUT2D eigenvalue weighted by atomic mass is 35.5. The third kappa shape index (κ3) is 5.02. The molecule has 1 amide bonds. The molecule has 0 heterocycles. The second-order valence-electron chi connectivity index (χ2n) is 7.20. The summed E-state index contributed by atoms with van der Waals surface area (Å²) in [6, 6.07) is 5.90. The van der Waals surface area contributed by atoms with Gasteiger partial charge in [0.1, 0.15) is 0 Å². The topological polar surface area (TPSA) is 73.6 Å². The van der Waals surface area contributed by atoms with Crippen molar-refractivity contribution in [2.24, 2.45) is 17.6 Å². The van der Waals surface area contributed by atoms with Gasteiger partial charge in [-0.2, -0.15) is 0 Å². The Bertz CT molecular complexity index is 578. The summed E-state index contributed by atoms with van der Waals surface area (Å²) in [4.78, 5) is 12.5. The summed E-state index contributed by atoms with van der Waals surface area (Å²) in [6.07, 6.45) is 3.11. The summed E-state index contributed by atoms with van der Waals surface area (Å²) in [5.74, 6) is 1.94. The van der Waals surface area contributed by atoms with E-state index < -0.39 is 0 Å². The molecule has 1 aliphatic carbocycles. The fourth-order valence-electron chi connectivity index (χ4n) is 3.46. The summed E-state index contributed by atoms with van der Waals surface area (Å²) in [7, 11) is 3.25. The van der Waals surface area contributed by atoms with Crippen molar-refractivity contribution in [2.45, 2.75) is 38.5 Å². The van der Waals surface area contributed by atoms with Gasteiger partial charge in [-0.3, -0.25) is 4.79 Å². The van der Waals surface area contributed by atoms with E-state index in [-0.39, 0.29) is 29.6 Å². The van der Waals surface area contributed by atoms with Crippen LogP contribution in [0.15, 0.2) is 18.2 Å². The second-order valence-corrected chi connectivity index (χ2v) is 7.20. The Labute approximate surface area is 157 Å². The van der Waals surface area contributed by atoms with Gasteiger partial charge >= 0.3 is 0 Å². The number of nitrogens with one attached hydrogen (secondary N) is 1. The lowest BCUT2D eigenvalue weighted by molar-refractivity contribution is -0.126. The standard InChI is InChI=1S/C19H30N2O3.ClH/c1-19(2,14-8-9-16(23-3)17(10-14)24-4)12-21-18(22)15-7-5-6-13(15)11-20;/h8-10,13,15H,5-7,11-12,20H2,1-4H3,(H,21,22);1H/t13-,15-;/m1./s1. The van der Waals surface area contributed by atoms with Crippen molar-refractivity contribution in [1.82, 2.24) is 5.32 Å². The minimum atomic E-state index is -0.202. The van der Waals surface area contributed by atoms with Crippen LogP contribution in [0.25, 0.3) is 0 Å². The Morgan fingerprint density at radius 1 is 1.24 bits per heavy atom. The fraction of sp³-hybridized carbons (Fsp3) is 0.632. The van der Waals surface area contributed by atoms with Crippen LogP contribution < -0.4 is 20.5 Å². The molecule has 2 atom stereocenters. The van der Waals surface area contributed by atoms with E-state index in [1.165, 1.54) is 0 Å². The Hall–Kier alpha value is -1.46. The number of hydrogen-bond acceptors (Lipinski definition) is 4. The number of benzene rings is 1. The van der Waals surface area contributed by atoms with Crippen molar-refractivity contribution in [3.8, 4) is 11.5 Å². The third-order valence-corrected chi connectivity index (χ3v) is 5.17. The highest BCUT2D eigenvalue weighted by Gasteiger charge is 2.33. The van der Waals surface area contributed by atoms with E-state index in [2.05, 4.69) is 19.2 Å². The van der Waals surface area contributed by atoms with Crippen LogP contribution in [-0.2, 0) is 10.2 Å². The molecule has 0 aliphatic heterocycles. The number of ether oxygens (including phenoxy) is 2. The van der Waals surface area contributed by atoms with Gasteiger partial charge in [0.15, 0.2) is 11.5 Å². The largest absolute Gasteiger partial charge is 0.493 e. The van der Waals surface area contributed by atoms with E-state index in [9.17, 15) is 4.79 Å². The van der Waals surface area contributed by atoms with Crippen LogP contribution in [0.4, 0.5) is 0 Å². The first-order valence-corrected chi connectivity index (χ1v) is 8.63. The highest BCUT2D eigenvalue weighted by Crippen LogP contribution is 2.34. The van der Waals surface area contributed by atoms with Crippen molar-refractivity contribution in [3.63, 3.8) is 0 Å². The fourth-order valence-corrected chi connectivity index (χ4v) is 3.46. The Morgan fingerprint density at radius 2 is 1.92 bits per heavy atom. The number of carbonyl (C=O) groups excluding carboxylic acids is 1. The van der Waals surface area contributed by atoms with Crippen molar-refractivity contribution in [3.05, 3.63) is 23.8 Å². The zero-order valence-electron chi connectivity index (χ0n) is 15.6. The average molecular weight is 371 g/mol. The van der Waals surface area contributed by atoms with Gasteiger partial charge in [0.2, 0.25) is 5.91 Å². The smallest absolute Gasteiger partial charge is 0.223 e. The van der Waals surface area contributed by atoms with Crippen LogP contribution in [0, 0.1) is 11.8 Å². The normalized spacial score (nSPS) is 19.9. The molecule has 5 nitrogen and oxygen atoms in total. The van der Waals surface area contributed by atoms with Gasteiger partial charge in [-0.25, -0.2) is 0 Å². The zero-order chi connectivity index (χ0) is 17.7. The lowest BCUT2D eigenvalue weighted by Crippen LogP contribution is -2.41. The number of hydrogen-bond donors (Lipinski definition) is 2. The van der Waals surface area contributed by atoms with E-state index in [4.69, 9.17) is 15.2 Å². The number of carbonyl (C=O) groups is 1. The van der Waals surface area contributed by atoms with Crippen LogP contribution in [-0.4, -0.2) is 33.2 Å². The molecule has 0 bridgehead atoms. The number of methoxy groups -OCH3 is 2. The second kappa shape index (κ2) is 9.30. The molecule has 1 fully saturated rings. The van der Waals surface area contributed by atoms with E-state index in [0.29, 0.717) is 30.5 Å². The van der Waals surface area contributed by atoms with Crippen LogP contribution in [0.3, 0.4) is 0 Å². The summed E-state index contributed by atoms with van der Waals surface area (Å²) >= 11 is 0. The molecule has 0 spiro atoms. The molecule has 1 aliphatic rings.